The van der Waals surface area contributed by atoms with Crippen LogP contribution in [-0.4, -0.2) is 75.4 Å². The highest BCUT2D eigenvalue weighted by Crippen LogP contribution is 2.41. The normalized spacial score (nSPS) is 14.4. The van der Waals surface area contributed by atoms with Crippen LogP contribution in [0, 0.1) is 18.3 Å². The molecule has 202 valence electrons. The summed E-state index contributed by atoms with van der Waals surface area (Å²) in [7, 11) is 5.39. The van der Waals surface area contributed by atoms with E-state index >= 15 is 0 Å². The molecule has 39 heavy (non-hydrogen) atoms. The van der Waals surface area contributed by atoms with Crippen molar-refractivity contribution in [2.75, 3.05) is 65.9 Å². The summed E-state index contributed by atoms with van der Waals surface area (Å²) in [6.07, 6.45) is 1.60. The minimum atomic E-state index is 0.436. The van der Waals surface area contributed by atoms with Crippen LogP contribution in [0.1, 0.15) is 11.1 Å². The first-order valence-electron chi connectivity index (χ1n) is 12.9. The zero-order valence-corrected chi connectivity index (χ0v) is 23.4. The highest BCUT2D eigenvalue weighted by atomic mass is 35.5. The first-order chi connectivity index (χ1) is 18.9. The van der Waals surface area contributed by atoms with Crippen molar-refractivity contribution in [3.05, 3.63) is 58.7 Å². The number of ether oxygens (including phenoxy) is 3. The van der Waals surface area contributed by atoms with Crippen molar-refractivity contribution in [3.8, 4) is 23.3 Å². The summed E-state index contributed by atoms with van der Waals surface area (Å²) in [4.78, 5) is 9.44. The molecule has 3 aromatic carbocycles. The van der Waals surface area contributed by atoms with Crippen LogP contribution in [0.5, 0.6) is 17.2 Å². The van der Waals surface area contributed by atoms with Crippen molar-refractivity contribution >= 4 is 44.7 Å². The van der Waals surface area contributed by atoms with Crippen LogP contribution in [0.3, 0.4) is 0 Å². The molecule has 5 rings (SSSR count). The fourth-order valence-corrected chi connectivity index (χ4v) is 5.30. The standard InChI is InChI=1S/C30H32ClN5O3/c1-19-15-24(31)27(37-3)16-25(19)34-28-20(17-32)18-33-29-21-7-8-26(30(38-4)22(21)5-6-23(28)29)39-14-13-36-11-9-35(2)10-12-36/h5-8,15-16,18H,9-14H2,1-4H3,(H,33,34). The van der Waals surface area contributed by atoms with Crippen molar-refractivity contribution in [1.82, 2.24) is 14.8 Å². The molecular weight excluding hydrogens is 514 g/mol. The molecule has 8 nitrogen and oxygen atoms in total. The van der Waals surface area contributed by atoms with Gasteiger partial charge in [0.05, 0.1) is 36.0 Å². The Morgan fingerprint density at radius 1 is 1.00 bits per heavy atom. The number of likely N-dealkylation sites (N-methyl/N-ethyl adjacent to an activating group) is 1. The molecule has 0 bridgehead atoms. The average molecular weight is 546 g/mol. The first kappa shape index (κ1) is 26.8. The minimum Gasteiger partial charge on any atom is -0.495 e. The summed E-state index contributed by atoms with van der Waals surface area (Å²) in [5.41, 5.74) is 3.58. The maximum Gasteiger partial charge on any atom is 0.168 e. The van der Waals surface area contributed by atoms with Gasteiger partial charge in [-0.2, -0.15) is 5.26 Å². The van der Waals surface area contributed by atoms with E-state index in [0.29, 0.717) is 40.1 Å². The van der Waals surface area contributed by atoms with Crippen LogP contribution >= 0.6 is 11.6 Å². The molecule has 0 saturated carbocycles. The molecule has 0 radical (unpaired) electrons. The van der Waals surface area contributed by atoms with E-state index in [1.807, 2.05) is 43.3 Å². The molecule has 0 spiro atoms. The van der Waals surface area contributed by atoms with Gasteiger partial charge in [0.2, 0.25) is 0 Å². The van der Waals surface area contributed by atoms with Gasteiger partial charge in [-0.1, -0.05) is 11.6 Å². The number of aryl methyl sites for hydroxylation is 1. The van der Waals surface area contributed by atoms with Gasteiger partial charge in [0.25, 0.3) is 0 Å². The quantitative estimate of drug-likeness (QED) is 0.286. The molecule has 1 N–H and O–H groups in total. The molecule has 0 atom stereocenters. The summed E-state index contributed by atoms with van der Waals surface area (Å²) in [6, 6.07) is 13.8. The molecule has 0 amide bonds. The summed E-state index contributed by atoms with van der Waals surface area (Å²) in [6.45, 7) is 7.67. The Balaban J connectivity index is 1.49. The number of benzene rings is 3. The Labute approximate surface area is 233 Å². The van der Waals surface area contributed by atoms with Gasteiger partial charge in [-0.3, -0.25) is 9.88 Å². The number of hydrogen-bond acceptors (Lipinski definition) is 8. The smallest absolute Gasteiger partial charge is 0.168 e. The van der Waals surface area contributed by atoms with Gasteiger partial charge in [-0.25, -0.2) is 0 Å². The van der Waals surface area contributed by atoms with Crippen LogP contribution in [0.2, 0.25) is 5.02 Å². The van der Waals surface area contributed by atoms with Gasteiger partial charge in [-0.05, 0) is 49.9 Å². The molecule has 1 aliphatic heterocycles. The summed E-state index contributed by atoms with van der Waals surface area (Å²) in [5.74, 6) is 1.93. The number of halogens is 1. The monoisotopic (exact) mass is 545 g/mol. The van der Waals surface area contributed by atoms with Crippen LogP contribution in [0.4, 0.5) is 11.4 Å². The van der Waals surface area contributed by atoms with Crippen molar-refractivity contribution in [3.63, 3.8) is 0 Å². The van der Waals surface area contributed by atoms with E-state index in [2.05, 4.69) is 33.2 Å². The molecule has 4 aromatic rings. The third-order valence-corrected chi connectivity index (χ3v) is 7.59. The number of nitriles is 1. The predicted octanol–water partition coefficient (Wildman–Crippen LogP) is 5.61. The number of rotatable bonds is 8. The first-order valence-corrected chi connectivity index (χ1v) is 13.3. The number of nitrogens with one attached hydrogen (secondary N) is 1. The van der Waals surface area contributed by atoms with Gasteiger partial charge in [0.15, 0.2) is 11.5 Å². The number of methoxy groups -OCH3 is 2. The number of hydrogen-bond donors (Lipinski definition) is 1. The second-order valence-electron chi connectivity index (χ2n) is 9.73. The fourth-order valence-electron chi connectivity index (χ4n) is 5.00. The van der Waals surface area contributed by atoms with Crippen LogP contribution in [0.25, 0.3) is 21.7 Å². The zero-order chi connectivity index (χ0) is 27.5. The number of anilines is 2. The van der Waals surface area contributed by atoms with Gasteiger partial charge in [-0.15, -0.1) is 0 Å². The zero-order valence-electron chi connectivity index (χ0n) is 22.7. The Bertz CT molecular complexity index is 1560. The van der Waals surface area contributed by atoms with E-state index in [1.165, 1.54) is 0 Å². The maximum absolute atomic E-state index is 9.87. The van der Waals surface area contributed by atoms with Crippen LogP contribution in [0.15, 0.2) is 42.6 Å². The van der Waals surface area contributed by atoms with Crippen molar-refractivity contribution in [1.29, 1.82) is 5.26 Å². The largest absolute Gasteiger partial charge is 0.495 e. The highest BCUT2D eigenvalue weighted by molar-refractivity contribution is 6.32. The molecule has 1 aromatic heterocycles. The topological polar surface area (TPSA) is 82.9 Å². The van der Waals surface area contributed by atoms with Gasteiger partial charge < -0.3 is 24.4 Å². The molecule has 1 saturated heterocycles. The van der Waals surface area contributed by atoms with E-state index in [0.717, 1.165) is 65.6 Å². The fraction of sp³-hybridized carbons (Fsp3) is 0.333. The lowest BCUT2D eigenvalue weighted by atomic mass is 10.0. The van der Waals surface area contributed by atoms with Crippen LogP contribution in [-0.2, 0) is 0 Å². The third kappa shape index (κ3) is 5.39. The van der Waals surface area contributed by atoms with Gasteiger partial charge >= 0.3 is 0 Å². The number of aromatic nitrogens is 1. The third-order valence-electron chi connectivity index (χ3n) is 7.29. The second kappa shape index (κ2) is 11.5. The second-order valence-corrected chi connectivity index (χ2v) is 10.1. The van der Waals surface area contributed by atoms with E-state index in [1.54, 1.807) is 20.4 Å². The maximum atomic E-state index is 9.87. The van der Waals surface area contributed by atoms with Crippen molar-refractivity contribution < 1.29 is 14.2 Å². The Morgan fingerprint density at radius 3 is 2.46 bits per heavy atom. The molecule has 9 heteroatoms. The number of fused-ring (bicyclic) bond motifs is 3. The molecule has 1 aliphatic rings. The lowest BCUT2D eigenvalue weighted by Crippen LogP contribution is -2.45. The minimum absolute atomic E-state index is 0.436. The van der Waals surface area contributed by atoms with Crippen molar-refractivity contribution in [2.24, 2.45) is 0 Å². The molecular formula is C30H32ClN5O3. The van der Waals surface area contributed by atoms with Gasteiger partial charge in [0.1, 0.15) is 18.4 Å². The Morgan fingerprint density at radius 2 is 1.74 bits per heavy atom. The van der Waals surface area contributed by atoms with E-state index < -0.39 is 0 Å². The predicted molar refractivity (Wildman–Crippen MR) is 156 cm³/mol. The molecule has 0 aliphatic carbocycles. The molecule has 0 unspecified atom stereocenters. The van der Waals surface area contributed by atoms with Gasteiger partial charge in [0, 0.05) is 66.8 Å². The van der Waals surface area contributed by atoms with E-state index in [-0.39, 0.29) is 0 Å². The van der Waals surface area contributed by atoms with E-state index in [9.17, 15) is 5.26 Å². The number of pyridine rings is 1. The van der Waals surface area contributed by atoms with Crippen molar-refractivity contribution in [2.45, 2.75) is 6.92 Å². The number of piperazine rings is 1. The lowest BCUT2D eigenvalue weighted by molar-refractivity contribution is 0.133. The Hall–Kier alpha value is -3.77. The summed E-state index contributed by atoms with van der Waals surface area (Å²) < 4.78 is 17.4. The Kier molecular flexibility index (Phi) is 7.94. The number of nitrogens with zero attached hydrogens (tertiary/aromatic N) is 4. The lowest BCUT2D eigenvalue weighted by Gasteiger charge is -2.32. The highest BCUT2D eigenvalue weighted by Gasteiger charge is 2.18. The molecule has 1 fully saturated rings. The SMILES string of the molecule is COc1cc(Nc2c(C#N)cnc3c2ccc2c(OC)c(OCCN4CCN(C)CC4)ccc23)c(C)cc1Cl. The average Bonchev–Trinajstić information content (AvgIpc) is 2.95. The summed E-state index contributed by atoms with van der Waals surface area (Å²) >= 11 is 6.30. The summed E-state index contributed by atoms with van der Waals surface area (Å²) in [5, 5.41) is 16.5. The van der Waals surface area contributed by atoms with Crippen LogP contribution < -0.4 is 19.5 Å². The molecule has 2 heterocycles. The van der Waals surface area contributed by atoms with E-state index in [4.69, 9.17) is 25.8 Å².